The molecular weight excluding hydrogens is 176 g/mol. The Bertz CT molecular complexity index is 410. The van der Waals surface area contributed by atoms with Crippen molar-refractivity contribution in [1.82, 2.24) is 9.97 Å². The number of nitrogens with zero attached hydrogens (tertiary/aromatic N) is 1. The first-order valence-corrected chi connectivity index (χ1v) is 3.91. The van der Waals surface area contributed by atoms with Crippen LogP contribution in [-0.4, -0.2) is 15.1 Å². The van der Waals surface area contributed by atoms with Gasteiger partial charge in [-0.05, 0) is 12.1 Å². The minimum absolute atomic E-state index is 0.0398. The number of imidazole rings is 1. The van der Waals surface area contributed by atoms with E-state index in [2.05, 4.69) is 9.97 Å². The molecule has 0 radical (unpaired) electrons. The maximum Gasteiger partial charge on any atom is 0.0938 e. The minimum Gasteiger partial charge on any atom is -0.392 e. The number of hydrogen-bond donors (Lipinski definition) is 2. The molecule has 0 aliphatic heterocycles. The van der Waals surface area contributed by atoms with Gasteiger partial charge in [-0.2, -0.15) is 0 Å². The second-order valence-corrected chi connectivity index (χ2v) is 2.96. The van der Waals surface area contributed by atoms with Gasteiger partial charge in [0.1, 0.15) is 0 Å². The first kappa shape index (κ1) is 7.58. The number of H-pyrrole nitrogens is 1. The van der Waals surface area contributed by atoms with Crippen LogP contribution in [0.4, 0.5) is 0 Å². The lowest BCUT2D eigenvalue weighted by Gasteiger charge is -1.97. The predicted octanol–water partition coefficient (Wildman–Crippen LogP) is 1.71. The Hall–Kier alpha value is -1.06. The summed E-state index contributed by atoms with van der Waals surface area (Å²) in [6.07, 6.45) is 1.58. The van der Waals surface area contributed by atoms with Crippen molar-refractivity contribution in [2.45, 2.75) is 6.61 Å². The van der Waals surface area contributed by atoms with Gasteiger partial charge in [0.05, 0.1) is 24.0 Å². The quantitative estimate of drug-likeness (QED) is 0.706. The number of benzene rings is 1. The number of aromatic nitrogens is 2. The summed E-state index contributed by atoms with van der Waals surface area (Å²) in [5.74, 6) is 0. The highest BCUT2D eigenvalue weighted by Crippen LogP contribution is 2.20. The lowest BCUT2D eigenvalue weighted by molar-refractivity contribution is 0.283. The number of halogens is 1. The van der Waals surface area contributed by atoms with Crippen LogP contribution < -0.4 is 0 Å². The predicted molar refractivity (Wildman–Crippen MR) is 47.0 cm³/mol. The van der Waals surface area contributed by atoms with E-state index in [0.29, 0.717) is 5.02 Å². The molecule has 0 aliphatic rings. The van der Waals surface area contributed by atoms with E-state index in [-0.39, 0.29) is 6.61 Å². The van der Waals surface area contributed by atoms with Crippen LogP contribution in [0.3, 0.4) is 0 Å². The van der Waals surface area contributed by atoms with E-state index in [0.717, 1.165) is 16.6 Å². The van der Waals surface area contributed by atoms with Gasteiger partial charge >= 0.3 is 0 Å². The molecule has 3 nitrogen and oxygen atoms in total. The topological polar surface area (TPSA) is 48.9 Å². The smallest absolute Gasteiger partial charge is 0.0938 e. The van der Waals surface area contributed by atoms with Gasteiger partial charge in [-0.3, -0.25) is 0 Å². The molecule has 0 amide bonds. The highest BCUT2D eigenvalue weighted by atomic mass is 35.5. The van der Waals surface area contributed by atoms with Crippen molar-refractivity contribution >= 4 is 22.6 Å². The molecular formula is C8H7ClN2O. The molecule has 1 heterocycles. The summed E-state index contributed by atoms with van der Waals surface area (Å²) in [7, 11) is 0. The number of aliphatic hydroxyl groups is 1. The molecule has 0 spiro atoms. The Morgan fingerprint density at radius 3 is 3.08 bits per heavy atom. The largest absolute Gasteiger partial charge is 0.392 e. The number of aromatic amines is 1. The summed E-state index contributed by atoms with van der Waals surface area (Å²) in [5, 5.41) is 9.57. The fourth-order valence-corrected chi connectivity index (χ4v) is 1.45. The van der Waals surface area contributed by atoms with E-state index in [4.69, 9.17) is 16.7 Å². The van der Waals surface area contributed by atoms with Crippen LogP contribution in [0.1, 0.15) is 5.56 Å². The van der Waals surface area contributed by atoms with E-state index in [1.807, 2.05) is 0 Å². The van der Waals surface area contributed by atoms with Gasteiger partial charge in [-0.15, -0.1) is 0 Å². The number of fused-ring (bicyclic) bond motifs is 1. The molecule has 1 aromatic heterocycles. The van der Waals surface area contributed by atoms with Crippen molar-refractivity contribution in [3.05, 3.63) is 29.0 Å². The van der Waals surface area contributed by atoms with Gasteiger partial charge in [0.15, 0.2) is 0 Å². The van der Waals surface area contributed by atoms with Crippen LogP contribution in [-0.2, 0) is 6.61 Å². The van der Waals surface area contributed by atoms with E-state index in [9.17, 15) is 0 Å². The summed E-state index contributed by atoms with van der Waals surface area (Å²) in [4.78, 5) is 6.98. The van der Waals surface area contributed by atoms with E-state index in [1.54, 1.807) is 18.5 Å². The number of nitrogens with one attached hydrogen (secondary N) is 1. The minimum atomic E-state index is -0.0398. The van der Waals surface area contributed by atoms with Crippen LogP contribution >= 0.6 is 11.6 Å². The van der Waals surface area contributed by atoms with Crippen LogP contribution in [0.2, 0.25) is 5.02 Å². The maximum absolute atomic E-state index is 8.97. The fraction of sp³-hybridized carbons (Fsp3) is 0.125. The zero-order chi connectivity index (χ0) is 8.55. The van der Waals surface area contributed by atoms with Gasteiger partial charge in [-0.1, -0.05) is 11.6 Å². The summed E-state index contributed by atoms with van der Waals surface area (Å²) >= 11 is 5.80. The molecule has 2 aromatic rings. The molecule has 0 saturated heterocycles. The van der Waals surface area contributed by atoms with E-state index < -0.39 is 0 Å². The third kappa shape index (κ3) is 1.07. The van der Waals surface area contributed by atoms with Crippen LogP contribution in [0.15, 0.2) is 18.5 Å². The van der Waals surface area contributed by atoms with Gasteiger partial charge in [0.25, 0.3) is 0 Å². The Morgan fingerprint density at radius 1 is 1.50 bits per heavy atom. The third-order valence-electron chi connectivity index (χ3n) is 1.74. The number of hydrogen-bond acceptors (Lipinski definition) is 2. The second-order valence-electron chi connectivity index (χ2n) is 2.52. The molecule has 0 saturated carbocycles. The molecule has 2 N–H and O–H groups in total. The summed E-state index contributed by atoms with van der Waals surface area (Å²) in [6, 6.07) is 3.49. The molecule has 4 heteroatoms. The molecule has 0 unspecified atom stereocenters. The summed E-state index contributed by atoms with van der Waals surface area (Å²) in [5.41, 5.74) is 2.38. The molecule has 1 aromatic carbocycles. The van der Waals surface area contributed by atoms with Crippen molar-refractivity contribution in [3.63, 3.8) is 0 Å². The summed E-state index contributed by atoms with van der Waals surface area (Å²) < 4.78 is 0. The van der Waals surface area contributed by atoms with Gasteiger partial charge < -0.3 is 10.1 Å². The van der Waals surface area contributed by atoms with Crippen molar-refractivity contribution in [1.29, 1.82) is 0 Å². The zero-order valence-electron chi connectivity index (χ0n) is 6.21. The average Bonchev–Trinajstić information content (AvgIpc) is 2.50. The Labute approximate surface area is 74.0 Å². The SMILES string of the molecule is OCc1cc(Cl)cc2[nH]cnc12. The Kier molecular flexibility index (Phi) is 1.75. The molecule has 0 fully saturated rings. The molecule has 0 aliphatic carbocycles. The monoisotopic (exact) mass is 182 g/mol. The molecule has 0 atom stereocenters. The molecule has 0 bridgehead atoms. The van der Waals surface area contributed by atoms with E-state index >= 15 is 0 Å². The molecule has 12 heavy (non-hydrogen) atoms. The normalized spacial score (nSPS) is 10.8. The number of rotatable bonds is 1. The lowest BCUT2D eigenvalue weighted by atomic mass is 10.2. The lowest BCUT2D eigenvalue weighted by Crippen LogP contribution is -1.85. The van der Waals surface area contributed by atoms with E-state index in [1.165, 1.54) is 0 Å². The van der Waals surface area contributed by atoms with Gasteiger partial charge in [0.2, 0.25) is 0 Å². The highest BCUT2D eigenvalue weighted by Gasteiger charge is 2.03. The third-order valence-corrected chi connectivity index (χ3v) is 1.96. The fourth-order valence-electron chi connectivity index (χ4n) is 1.21. The van der Waals surface area contributed by atoms with Crippen LogP contribution in [0.5, 0.6) is 0 Å². The Balaban J connectivity index is 2.80. The second kappa shape index (κ2) is 2.77. The van der Waals surface area contributed by atoms with Crippen molar-refractivity contribution < 1.29 is 5.11 Å². The highest BCUT2D eigenvalue weighted by molar-refractivity contribution is 6.31. The number of aliphatic hydroxyl groups excluding tert-OH is 1. The molecule has 62 valence electrons. The standard InChI is InChI=1S/C8H7ClN2O/c9-6-1-5(3-12)8-7(2-6)10-4-11-8/h1-2,4,12H,3H2,(H,10,11). The first-order valence-electron chi connectivity index (χ1n) is 3.53. The molecule has 2 rings (SSSR count). The maximum atomic E-state index is 8.97. The van der Waals surface area contributed by atoms with Crippen molar-refractivity contribution in [2.24, 2.45) is 0 Å². The van der Waals surface area contributed by atoms with Crippen molar-refractivity contribution in [2.75, 3.05) is 0 Å². The average molecular weight is 183 g/mol. The van der Waals surface area contributed by atoms with Gasteiger partial charge in [0, 0.05) is 10.6 Å². The first-order chi connectivity index (χ1) is 5.81. The van der Waals surface area contributed by atoms with Crippen LogP contribution in [0.25, 0.3) is 11.0 Å². The van der Waals surface area contributed by atoms with Crippen LogP contribution in [0, 0.1) is 0 Å². The Morgan fingerprint density at radius 2 is 2.33 bits per heavy atom. The zero-order valence-corrected chi connectivity index (χ0v) is 6.97. The van der Waals surface area contributed by atoms with Crippen molar-refractivity contribution in [3.8, 4) is 0 Å². The van der Waals surface area contributed by atoms with Gasteiger partial charge in [-0.25, -0.2) is 4.98 Å². The summed E-state index contributed by atoms with van der Waals surface area (Å²) in [6.45, 7) is -0.0398.